The molecule has 0 aliphatic rings. The zero-order valence-electron chi connectivity index (χ0n) is 12.4. The number of rotatable bonds is 4. The van der Waals surface area contributed by atoms with Crippen LogP contribution in [-0.2, 0) is 20.1 Å². The number of carbonyl (C=O) groups is 1. The lowest BCUT2D eigenvalue weighted by Crippen LogP contribution is -2.35. The Hall–Kier alpha value is -2.82. The summed E-state index contributed by atoms with van der Waals surface area (Å²) < 4.78 is 1.99. The first-order valence-electron chi connectivity index (χ1n) is 7.20. The molecule has 5 nitrogen and oxygen atoms in total. The molecule has 2 amide bonds. The van der Waals surface area contributed by atoms with E-state index in [-0.39, 0.29) is 6.03 Å². The number of nitrogens with zero attached hydrogens (tertiary/aromatic N) is 2. The fourth-order valence-electron chi connectivity index (χ4n) is 2.35. The molecule has 0 radical (unpaired) electrons. The van der Waals surface area contributed by atoms with Crippen LogP contribution < -0.4 is 10.6 Å². The van der Waals surface area contributed by atoms with Gasteiger partial charge in [-0.2, -0.15) is 0 Å². The third-order valence-electron chi connectivity index (χ3n) is 3.58. The van der Waals surface area contributed by atoms with E-state index in [1.807, 2.05) is 66.2 Å². The molecule has 0 fully saturated rings. The third-order valence-corrected chi connectivity index (χ3v) is 3.58. The molecule has 0 atom stereocenters. The number of para-hydroxylation sites is 2. The predicted molar refractivity (Wildman–Crippen MR) is 86.2 cm³/mol. The second-order valence-electron chi connectivity index (χ2n) is 5.10. The van der Waals surface area contributed by atoms with Crippen LogP contribution in [0.4, 0.5) is 4.79 Å². The van der Waals surface area contributed by atoms with Gasteiger partial charge in [-0.05, 0) is 17.7 Å². The second kappa shape index (κ2) is 6.30. The molecule has 2 N–H and O–H groups in total. The number of nitrogens with one attached hydrogen (secondary N) is 2. The molecule has 1 aromatic heterocycles. The highest BCUT2D eigenvalue weighted by molar-refractivity contribution is 5.76. The highest BCUT2D eigenvalue weighted by Gasteiger charge is 2.08. The lowest BCUT2D eigenvalue weighted by Gasteiger charge is -2.07. The van der Waals surface area contributed by atoms with E-state index in [4.69, 9.17) is 0 Å². The van der Waals surface area contributed by atoms with Gasteiger partial charge < -0.3 is 15.2 Å². The van der Waals surface area contributed by atoms with Crippen molar-refractivity contribution >= 4 is 17.1 Å². The summed E-state index contributed by atoms with van der Waals surface area (Å²) in [5.41, 5.74) is 3.07. The van der Waals surface area contributed by atoms with Crippen LogP contribution in [0.5, 0.6) is 0 Å². The molecule has 3 aromatic rings. The van der Waals surface area contributed by atoms with E-state index in [0.29, 0.717) is 13.1 Å². The van der Waals surface area contributed by atoms with E-state index in [0.717, 1.165) is 22.4 Å². The maximum absolute atomic E-state index is 11.9. The number of aryl methyl sites for hydroxylation is 1. The maximum atomic E-state index is 11.9. The molecule has 0 aliphatic carbocycles. The molecule has 2 aromatic carbocycles. The van der Waals surface area contributed by atoms with E-state index in [1.165, 1.54) is 0 Å². The van der Waals surface area contributed by atoms with Gasteiger partial charge in [-0.1, -0.05) is 42.5 Å². The minimum absolute atomic E-state index is 0.198. The number of fused-ring (bicyclic) bond motifs is 1. The van der Waals surface area contributed by atoms with Gasteiger partial charge in [0, 0.05) is 13.6 Å². The molecule has 0 unspecified atom stereocenters. The Morgan fingerprint density at radius 1 is 1.00 bits per heavy atom. The fraction of sp³-hybridized carbons (Fsp3) is 0.176. The zero-order chi connectivity index (χ0) is 15.4. The normalized spacial score (nSPS) is 10.6. The van der Waals surface area contributed by atoms with Crippen molar-refractivity contribution < 1.29 is 4.79 Å². The van der Waals surface area contributed by atoms with Gasteiger partial charge in [0.15, 0.2) is 0 Å². The summed E-state index contributed by atoms with van der Waals surface area (Å²) >= 11 is 0. The summed E-state index contributed by atoms with van der Waals surface area (Å²) in [4.78, 5) is 16.4. The molecule has 0 spiro atoms. The van der Waals surface area contributed by atoms with Crippen LogP contribution in [-0.4, -0.2) is 15.6 Å². The third kappa shape index (κ3) is 3.09. The first-order valence-corrected chi connectivity index (χ1v) is 7.20. The number of carbonyl (C=O) groups excluding carboxylic acids is 1. The minimum Gasteiger partial charge on any atom is -0.334 e. The van der Waals surface area contributed by atoms with Gasteiger partial charge in [-0.25, -0.2) is 9.78 Å². The molecule has 0 aliphatic heterocycles. The first-order chi connectivity index (χ1) is 10.7. The van der Waals surface area contributed by atoms with Gasteiger partial charge in [-0.3, -0.25) is 0 Å². The number of urea groups is 1. The summed E-state index contributed by atoms with van der Waals surface area (Å²) in [6.45, 7) is 0.904. The Kier molecular flexibility index (Phi) is 4.05. The van der Waals surface area contributed by atoms with Crippen LogP contribution in [0.1, 0.15) is 11.4 Å². The SMILES string of the molecule is Cn1c(CNC(=O)NCc2ccccc2)nc2ccccc21. The molecule has 22 heavy (non-hydrogen) atoms. The second-order valence-corrected chi connectivity index (χ2v) is 5.10. The molecule has 3 rings (SSSR count). The van der Waals surface area contributed by atoms with Crippen molar-refractivity contribution in [3.05, 3.63) is 66.0 Å². The summed E-state index contributed by atoms with van der Waals surface area (Å²) in [6.07, 6.45) is 0. The zero-order valence-corrected chi connectivity index (χ0v) is 12.4. The van der Waals surface area contributed by atoms with Crippen LogP contribution in [0.2, 0.25) is 0 Å². The molecular weight excluding hydrogens is 276 g/mol. The maximum Gasteiger partial charge on any atom is 0.315 e. The summed E-state index contributed by atoms with van der Waals surface area (Å²) in [5, 5.41) is 5.67. The van der Waals surface area contributed by atoms with Crippen LogP contribution in [0.25, 0.3) is 11.0 Å². The van der Waals surface area contributed by atoms with Crippen LogP contribution >= 0.6 is 0 Å². The molecule has 0 bridgehead atoms. The van der Waals surface area contributed by atoms with E-state index >= 15 is 0 Å². The number of imidazole rings is 1. The Labute approximate surface area is 129 Å². The topological polar surface area (TPSA) is 59.0 Å². The Bertz CT molecular complexity index is 780. The molecular formula is C17H18N4O. The van der Waals surface area contributed by atoms with Gasteiger partial charge in [0.1, 0.15) is 5.82 Å². The van der Waals surface area contributed by atoms with Crippen LogP contribution in [0.3, 0.4) is 0 Å². The summed E-state index contributed by atoms with van der Waals surface area (Å²) in [5.74, 6) is 0.830. The molecule has 0 saturated heterocycles. The average molecular weight is 294 g/mol. The quantitative estimate of drug-likeness (QED) is 0.777. The minimum atomic E-state index is -0.198. The van der Waals surface area contributed by atoms with Crippen molar-refractivity contribution in [3.8, 4) is 0 Å². The molecule has 112 valence electrons. The molecule has 0 saturated carbocycles. The predicted octanol–water partition coefficient (Wildman–Crippen LogP) is 2.57. The highest BCUT2D eigenvalue weighted by atomic mass is 16.2. The smallest absolute Gasteiger partial charge is 0.315 e. The van der Waals surface area contributed by atoms with Gasteiger partial charge in [-0.15, -0.1) is 0 Å². The Morgan fingerprint density at radius 3 is 2.45 bits per heavy atom. The monoisotopic (exact) mass is 294 g/mol. The highest BCUT2D eigenvalue weighted by Crippen LogP contribution is 2.13. The summed E-state index contributed by atoms with van der Waals surface area (Å²) in [7, 11) is 1.95. The Balaban J connectivity index is 1.57. The van der Waals surface area contributed by atoms with Crippen molar-refractivity contribution in [3.63, 3.8) is 0 Å². The van der Waals surface area contributed by atoms with Crippen LogP contribution in [0.15, 0.2) is 54.6 Å². The molecule has 1 heterocycles. The van der Waals surface area contributed by atoms with Gasteiger partial charge in [0.25, 0.3) is 0 Å². The number of benzene rings is 2. The largest absolute Gasteiger partial charge is 0.334 e. The Morgan fingerprint density at radius 2 is 1.68 bits per heavy atom. The van der Waals surface area contributed by atoms with Gasteiger partial charge in [0.2, 0.25) is 0 Å². The lowest BCUT2D eigenvalue weighted by atomic mass is 10.2. The van der Waals surface area contributed by atoms with Crippen molar-refractivity contribution in [2.45, 2.75) is 13.1 Å². The number of hydrogen-bond donors (Lipinski definition) is 2. The van der Waals surface area contributed by atoms with Gasteiger partial charge >= 0.3 is 6.03 Å². The van der Waals surface area contributed by atoms with Crippen molar-refractivity contribution in [2.24, 2.45) is 7.05 Å². The number of amides is 2. The van der Waals surface area contributed by atoms with E-state index < -0.39 is 0 Å². The van der Waals surface area contributed by atoms with Crippen LogP contribution in [0, 0.1) is 0 Å². The average Bonchev–Trinajstić information content (AvgIpc) is 2.88. The number of aromatic nitrogens is 2. The van der Waals surface area contributed by atoms with Crippen molar-refractivity contribution in [1.82, 2.24) is 20.2 Å². The van der Waals surface area contributed by atoms with Gasteiger partial charge in [0.05, 0.1) is 17.6 Å². The number of hydrogen-bond acceptors (Lipinski definition) is 2. The standard InChI is InChI=1S/C17H18N4O/c1-21-15-10-6-5-9-14(15)20-16(21)12-19-17(22)18-11-13-7-3-2-4-8-13/h2-10H,11-12H2,1H3,(H2,18,19,22). The molecule has 5 heteroatoms. The van der Waals surface area contributed by atoms with E-state index in [1.54, 1.807) is 0 Å². The first kappa shape index (κ1) is 14.1. The van der Waals surface area contributed by atoms with E-state index in [9.17, 15) is 4.79 Å². The lowest BCUT2D eigenvalue weighted by molar-refractivity contribution is 0.240. The van der Waals surface area contributed by atoms with E-state index in [2.05, 4.69) is 15.6 Å². The van der Waals surface area contributed by atoms with Crippen molar-refractivity contribution in [1.29, 1.82) is 0 Å². The fourth-order valence-corrected chi connectivity index (χ4v) is 2.35. The van der Waals surface area contributed by atoms with Crippen molar-refractivity contribution in [2.75, 3.05) is 0 Å². The summed E-state index contributed by atoms with van der Waals surface area (Å²) in [6, 6.07) is 17.5.